The molecule has 0 saturated carbocycles. The molecule has 3 aromatic rings. The van der Waals surface area contributed by atoms with Crippen molar-refractivity contribution in [3.8, 4) is 0 Å². The van der Waals surface area contributed by atoms with Gasteiger partial charge in [0.1, 0.15) is 5.69 Å². The Balaban J connectivity index is 1.80. The van der Waals surface area contributed by atoms with Crippen LogP contribution in [0.5, 0.6) is 0 Å². The first-order valence-corrected chi connectivity index (χ1v) is 7.99. The monoisotopic (exact) mass is 303 g/mol. The summed E-state index contributed by atoms with van der Waals surface area (Å²) >= 11 is 3.10. The summed E-state index contributed by atoms with van der Waals surface area (Å²) in [4.78, 5) is 20.7. The van der Waals surface area contributed by atoms with Gasteiger partial charge in [-0.05, 0) is 18.2 Å². The first-order valence-electron chi connectivity index (χ1n) is 6.23. The maximum atomic E-state index is 12.1. The van der Waals surface area contributed by atoms with Gasteiger partial charge in [0.2, 0.25) is 0 Å². The second kappa shape index (κ2) is 5.30. The highest BCUT2D eigenvalue weighted by Crippen LogP contribution is 2.23. The molecule has 1 amide bonds. The van der Waals surface area contributed by atoms with Gasteiger partial charge >= 0.3 is 0 Å². The van der Waals surface area contributed by atoms with Crippen molar-refractivity contribution in [1.29, 1.82) is 0 Å². The van der Waals surface area contributed by atoms with Crippen molar-refractivity contribution in [2.45, 2.75) is 19.8 Å². The predicted molar refractivity (Wildman–Crippen MR) is 83.8 cm³/mol. The SMILES string of the molecule is CC(C)c1nc(C(=O)Nc2ccc3scnc3c2)cs1. The van der Waals surface area contributed by atoms with Crippen LogP contribution in [0.25, 0.3) is 10.2 Å². The fourth-order valence-corrected chi connectivity index (χ4v) is 3.26. The molecule has 0 unspecified atom stereocenters. The van der Waals surface area contributed by atoms with Crippen LogP contribution in [0.3, 0.4) is 0 Å². The molecule has 6 heteroatoms. The van der Waals surface area contributed by atoms with E-state index in [4.69, 9.17) is 0 Å². The molecule has 1 aromatic carbocycles. The molecule has 3 rings (SSSR count). The van der Waals surface area contributed by atoms with Gasteiger partial charge in [-0.1, -0.05) is 13.8 Å². The number of anilines is 1. The highest BCUT2D eigenvalue weighted by atomic mass is 32.1. The normalized spacial score (nSPS) is 11.2. The fraction of sp³-hybridized carbons (Fsp3) is 0.214. The standard InChI is InChI=1S/C14H13N3OS2/c1-8(2)14-17-11(6-19-14)13(18)16-9-3-4-12-10(5-9)15-7-20-12/h3-8H,1-2H3,(H,16,18). The Bertz CT molecular complexity index is 760. The Morgan fingerprint density at radius 3 is 2.90 bits per heavy atom. The van der Waals surface area contributed by atoms with Crippen molar-refractivity contribution in [2.24, 2.45) is 0 Å². The van der Waals surface area contributed by atoms with E-state index < -0.39 is 0 Å². The number of aromatic nitrogens is 2. The number of carbonyl (C=O) groups is 1. The topological polar surface area (TPSA) is 54.9 Å². The number of fused-ring (bicyclic) bond motifs is 1. The lowest BCUT2D eigenvalue weighted by atomic mass is 10.2. The third-order valence-electron chi connectivity index (χ3n) is 2.84. The highest BCUT2D eigenvalue weighted by Gasteiger charge is 2.13. The second-order valence-corrected chi connectivity index (χ2v) is 6.49. The number of nitrogens with zero attached hydrogens (tertiary/aromatic N) is 2. The Morgan fingerprint density at radius 2 is 2.15 bits per heavy atom. The molecule has 0 bridgehead atoms. The zero-order valence-electron chi connectivity index (χ0n) is 11.1. The number of carbonyl (C=O) groups excluding carboxylic acids is 1. The van der Waals surface area contributed by atoms with Gasteiger partial charge in [0.15, 0.2) is 0 Å². The van der Waals surface area contributed by atoms with Crippen LogP contribution in [0.2, 0.25) is 0 Å². The molecule has 2 heterocycles. The summed E-state index contributed by atoms with van der Waals surface area (Å²) in [5.41, 5.74) is 3.91. The predicted octanol–water partition coefficient (Wildman–Crippen LogP) is 4.13. The first kappa shape index (κ1) is 13.2. The van der Waals surface area contributed by atoms with E-state index in [2.05, 4.69) is 29.1 Å². The van der Waals surface area contributed by atoms with E-state index in [9.17, 15) is 4.79 Å². The second-order valence-electron chi connectivity index (χ2n) is 4.71. The van der Waals surface area contributed by atoms with Gasteiger partial charge in [-0.25, -0.2) is 9.97 Å². The van der Waals surface area contributed by atoms with Gasteiger partial charge in [-0.3, -0.25) is 4.79 Å². The maximum Gasteiger partial charge on any atom is 0.275 e. The van der Waals surface area contributed by atoms with Crippen LogP contribution in [0, 0.1) is 0 Å². The third kappa shape index (κ3) is 2.57. The zero-order valence-corrected chi connectivity index (χ0v) is 12.7. The van der Waals surface area contributed by atoms with Gasteiger partial charge in [-0.15, -0.1) is 22.7 Å². The van der Waals surface area contributed by atoms with E-state index in [1.54, 1.807) is 22.2 Å². The molecular formula is C14H13N3OS2. The molecule has 0 spiro atoms. The minimum Gasteiger partial charge on any atom is -0.321 e. The number of rotatable bonds is 3. The average Bonchev–Trinajstić information content (AvgIpc) is 3.07. The molecule has 0 aliphatic rings. The Labute approximate surface area is 124 Å². The molecular weight excluding hydrogens is 290 g/mol. The number of benzene rings is 1. The van der Waals surface area contributed by atoms with Crippen molar-refractivity contribution in [3.63, 3.8) is 0 Å². The van der Waals surface area contributed by atoms with E-state index in [0.29, 0.717) is 11.6 Å². The summed E-state index contributed by atoms with van der Waals surface area (Å²) < 4.78 is 1.11. The summed E-state index contributed by atoms with van der Waals surface area (Å²) in [7, 11) is 0. The van der Waals surface area contributed by atoms with Crippen LogP contribution < -0.4 is 5.32 Å². The van der Waals surface area contributed by atoms with Crippen LogP contribution >= 0.6 is 22.7 Å². The number of nitrogens with one attached hydrogen (secondary N) is 1. The lowest BCUT2D eigenvalue weighted by Crippen LogP contribution is -2.12. The molecule has 1 N–H and O–H groups in total. The van der Waals surface area contributed by atoms with Gasteiger partial charge in [0.05, 0.1) is 20.7 Å². The quantitative estimate of drug-likeness (QED) is 0.791. The number of amides is 1. The number of thiazole rings is 2. The highest BCUT2D eigenvalue weighted by molar-refractivity contribution is 7.16. The van der Waals surface area contributed by atoms with Crippen LogP contribution in [0.4, 0.5) is 5.69 Å². The van der Waals surface area contributed by atoms with Crippen molar-refractivity contribution in [2.75, 3.05) is 5.32 Å². The summed E-state index contributed by atoms with van der Waals surface area (Å²) in [6.07, 6.45) is 0. The van der Waals surface area contributed by atoms with E-state index in [0.717, 1.165) is 20.9 Å². The molecule has 0 atom stereocenters. The van der Waals surface area contributed by atoms with Gasteiger partial charge < -0.3 is 5.32 Å². The minimum absolute atomic E-state index is 0.178. The van der Waals surface area contributed by atoms with Crippen LogP contribution in [-0.2, 0) is 0 Å². The van der Waals surface area contributed by atoms with E-state index in [1.165, 1.54) is 11.3 Å². The van der Waals surface area contributed by atoms with Crippen molar-refractivity contribution < 1.29 is 4.79 Å². The number of hydrogen-bond acceptors (Lipinski definition) is 5. The van der Waals surface area contributed by atoms with E-state index >= 15 is 0 Å². The van der Waals surface area contributed by atoms with Crippen molar-refractivity contribution in [1.82, 2.24) is 9.97 Å². The van der Waals surface area contributed by atoms with Crippen LogP contribution in [-0.4, -0.2) is 15.9 Å². The molecule has 4 nitrogen and oxygen atoms in total. The van der Waals surface area contributed by atoms with Crippen LogP contribution in [0.15, 0.2) is 29.1 Å². The van der Waals surface area contributed by atoms with Gasteiger partial charge in [0, 0.05) is 17.0 Å². The summed E-state index contributed by atoms with van der Waals surface area (Å²) in [6, 6.07) is 5.72. The van der Waals surface area contributed by atoms with E-state index in [1.807, 2.05) is 18.2 Å². The molecule has 0 fully saturated rings. The Morgan fingerprint density at radius 1 is 1.30 bits per heavy atom. The fourth-order valence-electron chi connectivity index (χ4n) is 1.79. The first-order chi connectivity index (χ1) is 9.63. The van der Waals surface area contributed by atoms with Crippen LogP contribution in [0.1, 0.15) is 35.3 Å². The zero-order chi connectivity index (χ0) is 14.1. The molecule has 20 heavy (non-hydrogen) atoms. The summed E-state index contributed by atoms with van der Waals surface area (Å²) in [5.74, 6) is 0.163. The van der Waals surface area contributed by atoms with E-state index in [-0.39, 0.29) is 5.91 Å². The third-order valence-corrected chi connectivity index (χ3v) is 4.79. The van der Waals surface area contributed by atoms with Gasteiger partial charge in [0.25, 0.3) is 5.91 Å². The van der Waals surface area contributed by atoms with Crippen molar-refractivity contribution >= 4 is 44.5 Å². The minimum atomic E-state index is -0.178. The van der Waals surface area contributed by atoms with Gasteiger partial charge in [-0.2, -0.15) is 0 Å². The summed E-state index contributed by atoms with van der Waals surface area (Å²) in [6.45, 7) is 4.13. The summed E-state index contributed by atoms with van der Waals surface area (Å²) in [5, 5.41) is 5.64. The average molecular weight is 303 g/mol. The molecule has 2 aromatic heterocycles. The number of hydrogen-bond donors (Lipinski definition) is 1. The molecule has 102 valence electrons. The largest absolute Gasteiger partial charge is 0.321 e. The van der Waals surface area contributed by atoms with Crippen molar-refractivity contribution in [3.05, 3.63) is 39.8 Å². The lowest BCUT2D eigenvalue weighted by Gasteiger charge is -2.03. The Kier molecular flexibility index (Phi) is 3.50. The maximum absolute atomic E-state index is 12.1. The molecule has 0 aliphatic heterocycles. The molecule has 0 saturated heterocycles. The Hall–Kier alpha value is -1.79. The lowest BCUT2D eigenvalue weighted by molar-refractivity contribution is 0.102. The molecule has 0 radical (unpaired) electrons. The molecule has 0 aliphatic carbocycles. The smallest absolute Gasteiger partial charge is 0.275 e.